The number of hydrogen-bond acceptors (Lipinski definition) is 5. The van der Waals surface area contributed by atoms with Gasteiger partial charge < -0.3 is 20.7 Å². The maximum absolute atomic E-state index is 5.65. The van der Waals surface area contributed by atoms with Crippen LogP contribution in [-0.2, 0) is 4.74 Å². The van der Waals surface area contributed by atoms with Gasteiger partial charge in [-0.15, -0.1) is 12.4 Å². The molecule has 26 heavy (non-hydrogen) atoms. The fourth-order valence-electron chi connectivity index (χ4n) is 4.20. The number of benzene rings is 1. The van der Waals surface area contributed by atoms with Crippen molar-refractivity contribution in [2.24, 2.45) is 5.92 Å². The summed E-state index contributed by atoms with van der Waals surface area (Å²) in [5, 5.41) is 12.0. The average molecular weight is 377 g/mol. The second-order valence-corrected chi connectivity index (χ2v) is 7.11. The Morgan fingerprint density at radius 1 is 1.12 bits per heavy atom. The van der Waals surface area contributed by atoms with Crippen molar-refractivity contribution in [2.75, 3.05) is 38.2 Å². The minimum atomic E-state index is 0. The van der Waals surface area contributed by atoms with E-state index in [1.807, 2.05) is 12.1 Å². The number of pyridine rings is 1. The molecule has 0 radical (unpaired) electrons. The van der Waals surface area contributed by atoms with Gasteiger partial charge in [0.05, 0.1) is 18.7 Å². The Kier molecular flexibility index (Phi) is 7.08. The van der Waals surface area contributed by atoms with Crippen molar-refractivity contribution in [3.05, 3.63) is 36.4 Å². The lowest BCUT2D eigenvalue weighted by Crippen LogP contribution is -2.51. The van der Waals surface area contributed by atoms with E-state index in [2.05, 4.69) is 45.2 Å². The van der Waals surface area contributed by atoms with Gasteiger partial charge in [0.25, 0.3) is 0 Å². The number of fused-ring (bicyclic) bond motifs is 1. The molecule has 142 valence electrons. The van der Waals surface area contributed by atoms with E-state index in [9.17, 15) is 0 Å². The number of para-hydroxylation sites is 1. The average Bonchev–Trinajstić information content (AvgIpc) is 3.14. The van der Waals surface area contributed by atoms with Gasteiger partial charge in [-0.3, -0.25) is 0 Å². The van der Waals surface area contributed by atoms with E-state index in [0.717, 1.165) is 44.2 Å². The molecule has 1 saturated carbocycles. The lowest BCUT2D eigenvalue weighted by Gasteiger charge is -2.33. The van der Waals surface area contributed by atoms with Crippen LogP contribution in [0.3, 0.4) is 0 Å². The molecule has 3 atom stereocenters. The maximum Gasteiger partial charge on any atom is 0.126 e. The van der Waals surface area contributed by atoms with Crippen LogP contribution in [-0.4, -0.2) is 49.9 Å². The lowest BCUT2D eigenvalue weighted by molar-refractivity contribution is 0.0526. The molecule has 2 heterocycles. The van der Waals surface area contributed by atoms with Crippen molar-refractivity contribution >= 4 is 29.1 Å². The first-order valence-electron chi connectivity index (χ1n) is 9.54. The number of aromatic nitrogens is 1. The van der Waals surface area contributed by atoms with Gasteiger partial charge in [0.1, 0.15) is 5.82 Å². The minimum Gasteiger partial charge on any atom is -0.379 e. The van der Waals surface area contributed by atoms with Gasteiger partial charge in [-0.2, -0.15) is 0 Å². The molecule has 1 aromatic heterocycles. The molecule has 2 aliphatic rings. The highest BCUT2D eigenvalue weighted by Crippen LogP contribution is 2.29. The Balaban J connectivity index is 0.00000196. The van der Waals surface area contributed by atoms with Crippen molar-refractivity contribution < 1.29 is 4.74 Å². The molecule has 6 heteroatoms. The number of nitrogens with one attached hydrogen (secondary N) is 3. The fraction of sp³-hybridized carbons (Fsp3) is 0.550. The molecule has 4 rings (SSSR count). The highest BCUT2D eigenvalue weighted by Gasteiger charge is 2.34. The highest BCUT2D eigenvalue weighted by molar-refractivity contribution is 5.85. The Hall–Kier alpha value is -1.40. The molecule has 1 saturated heterocycles. The molecule has 2 aromatic rings. The van der Waals surface area contributed by atoms with Crippen LogP contribution < -0.4 is 16.0 Å². The van der Waals surface area contributed by atoms with Crippen LogP contribution in [0.2, 0.25) is 0 Å². The molecule has 1 aromatic carbocycles. The molecule has 5 nitrogen and oxygen atoms in total. The number of nitrogens with zero attached hydrogens (tertiary/aromatic N) is 1. The molecular formula is C20H29ClN4O. The van der Waals surface area contributed by atoms with Gasteiger partial charge >= 0.3 is 0 Å². The third kappa shape index (κ3) is 4.65. The molecular weight excluding hydrogens is 348 g/mol. The third-order valence-corrected chi connectivity index (χ3v) is 5.47. The van der Waals surface area contributed by atoms with Crippen LogP contribution in [0.1, 0.15) is 19.3 Å². The van der Waals surface area contributed by atoms with Crippen molar-refractivity contribution in [3.63, 3.8) is 0 Å². The van der Waals surface area contributed by atoms with Gasteiger partial charge in [0.2, 0.25) is 0 Å². The predicted octanol–water partition coefficient (Wildman–Crippen LogP) is 2.82. The van der Waals surface area contributed by atoms with Crippen LogP contribution in [0, 0.1) is 5.92 Å². The summed E-state index contributed by atoms with van der Waals surface area (Å²) < 4.78 is 5.65. The van der Waals surface area contributed by atoms with Gasteiger partial charge in [0, 0.05) is 37.1 Å². The normalized spacial score (nSPS) is 25.8. The Bertz CT molecular complexity index is 692. The van der Waals surface area contributed by atoms with E-state index < -0.39 is 0 Å². The predicted molar refractivity (Wildman–Crippen MR) is 109 cm³/mol. The molecule has 2 fully saturated rings. The molecule has 0 bridgehead atoms. The highest BCUT2D eigenvalue weighted by atomic mass is 35.5. The van der Waals surface area contributed by atoms with E-state index in [-0.39, 0.29) is 12.4 Å². The van der Waals surface area contributed by atoms with Crippen molar-refractivity contribution in [3.8, 4) is 0 Å². The van der Waals surface area contributed by atoms with E-state index in [0.29, 0.717) is 18.0 Å². The summed E-state index contributed by atoms with van der Waals surface area (Å²) in [6, 6.07) is 13.5. The zero-order chi connectivity index (χ0) is 16.9. The van der Waals surface area contributed by atoms with Crippen LogP contribution >= 0.6 is 12.4 Å². The Morgan fingerprint density at radius 3 is 2.92 bits per heavy atom. The largest absolute Gasteiger partial charge is 0.379 e. The number of anilines is 1. The smallest absolute Gasteiger partial charge is 0.126 e. The van der Waals surface area contributed by atoms with Crippen molar-refractivity contribution in [1.82, 2.24) is 15.6 Å². The zero-order valence-corrected chi connectivity index (χ0v) is 15.9. The first-order valence-corrected chi connectivity index (χ1v) is 9.54. The fourth-order valence-corrected chi connectivity index (χ4v) is 4.20. The van der Waals surface area contributed by atoms with Gasteiger partial charge in [-0.25, -0.2) is 4.98 Å². The Morgan fingerprint density at radius 2 is 2.04 bits per heavy atom. The summed E-state index contributed by atoms with van der Waals surface area (Å²) in [6.07, 6.45) is 3.90. The second kappa shape index (κ2) is 9.51. The number of hydrogen-bond donors (Lipinski definition) is 3. The molecule has 3 unspecified atom stereocenters. The summed E-state index contributed by atoms with van der Waals surface area (Å²) in [7, 11) is 0. The molecule has 0 amide bonds. The Labute approximate surface area is 161 Å². The summed E-state index contributed by atoms with van der Waals surface area (Å²) in [4.78, 5) is 4.67. The van der Waals surface area contributed by atoms with Crippen LogP contribution in [0.4, 0.5) is 5.82 Å². The summed E-state index contributed by atoms with van der Waals surface area (Å²) in [5.41, 5.74) is 1.04. The quantitative estimate of drug-likeness (QED) is 0.677. The molecule has 3 N–H and O–H groups in total. The third-order valence-electron chi connectivity index (χ3n) is 5.47. The van der Waals surface area contributed by atoms with Crippen LogP contribution in [0.25, 0.3) is 10.9 Å². The van der Waals surface area contributed by atoms with E-state index in [1.165, 1.54) is 24.6 Å². The number of morpholine rings is 1. The van der Waals surface area contributed by atoms with Crippen LogP contribution in [0.5, 0.6) is 0 Å². The first kappa shape index (κ1) is 19.4. The summed E-state index contributed by atoms with van der Waals surface area (Å²) in [6.45, 7) is 4.56. The number of halogens is 1. The van der Waals surface area contributed by atoms with Gasteiger partial charge in [-0.05, 0) is 37.0 Å². The number of rotatable bonds is 6. The summed E-state index contributed by atoms with van der Waals surface area (Å²) >= 11 is 0. The van der Waals surface area contributed by atoms with E-state index >= 15 is 0 Å². The minimum absolute atomic E-state index is 0. The van der Waals surface area contributed by atoms with Gasteiger partial charge in [0.15, 0.2) is 0 Å². The van der Waals surface area contributed by atoms with Crippen molar-refractivity contribution in [2.45, 2.75) is 31.3 Å². The van der Waals surface area contributed by atoms with Crippen molar-refractivity contribution in [1.29, 1.82) is 0 Å². The zero-order valence-electron chi connectivity index (χ0n) is 15.1. The van der Waals surface area contributed by atoms with Gasteiger partial charge in [-0.1, -0.05) is 24.6 Å². The SMILES string of the molecule is Cl.c1ccc2nc(NCCNC3CCCC3C3COCCN3)ccc2c1. The molecule has 0 spiro atoms. The maximum atomic E-state index is 5.65. The molecule has 1 aliphatic carbocycles. The monoisotopic (exact) mass is 376 g/mol. The van der Waals surface area contributed by atoms with Crippen LogP contribution in [0.15, 0.2) is 36.4 Å². The van der Waals surface area contributed by atoms with E-state index in [1.54, 1.807) is 0 Å². The van der Waals surface area contributed by atoms with E-state index in [4.69, 9.17) is 4.74 Å². The first-order chi connectivity index (χ1) is 12.4. The lowest BCUT2D eigenvalue weighted by atomic mass is 9.94. The molecule has 1 aliphatic heterocycles. The standard InChI is InChI=1S/C20H28N4O.ClH/c1-2-6-17-15(4-1)8-9-20(24-17)23-11-10-21-18-7-3-5-16(18)19-14-25-13-12-22-19;/h1-2,4,6,8-9,16,18-19,21-22H,3,5,7,10-14H2,(H,23,24);1H. The topological polar surface area (TPSA) is 58.2 Å². The number of ether oxygens (including phenoxy) is 1. The second-order valence-electron chi connectivity index (χ2n) is 7.11. The summed E-state index contributed by atoms with van der Waals surface area (Å²) in [5.74, 6) is 1.64.